The molecule has 0 aliphatic heterocycles. The Balaban J connectivity index is 1.76. The van der Waals surface area contributed by atoms with E-state index in [-0.39, 0.29) is 11.2 Å². The predicted octanol–water partition coefficient (Wildman–Crippen LogP) is 4.24. The van der Waals surface area contributed by atoms with E-state index in [2.05, 4.69) is 92.1 Å². The Morgan fingerprint density at radius 1 is 0.875 bits per heavy atom. The van der Waals surface area contributed by atoms with Crippen molar-refractivity contribution in [2.45, 2.75) is 31.2 Å². The van der Waals surface area contributed by atoms with Crippen molar-refractivity contribution in [3.63, 3.8) is 0 Å². The van der Waals surface area contributed by atoms with Crippen LogP contribution >= 0.6 is 11.8 Å². The van der Waals surface area contributed by atoms with Gasteiger partial charge in [-0.15, -0.1) is 10.2 Å². The summed E-state index contributed by atoms with van der Waals surface area (Å²) in [6, 6.07) is 16.6. The van der Waals surface area contributed by atoms with E-state index in [1.54, 1.807) is 0 Å². The van der Waals surface area contributed by atoms with Gasteiger partial charge in [0.15, 0.2) is 11.0 Å². The Morgan fingerprint density at radius 2 is 1.50 bits per heavy atom. The fourth-order valence-electron chi connectivity index (χ4n) is 3.15. The first-order chi connectivity index (χ1) is 15.3. The predicted molar refractivity (Wildman–Crippen MR) is 129 cm³/mol. The number of nitrogen functional groups attached to an aromatic ring is 1. The third kappa shape index (κ3) is 4.57. The van der Waals surface area contributed by atoms with Crippen molar-refractivity contribution in [1.29, 1.82) is 0 Å². The fourth-order valence-corrected chi connectivity index (χ4v) is 4.06. The smallest absolute Gasteiger partial charge is 0.229 e. The van der Waals surface area contributed by atoms with Crippen LogP contribution in [0.2, 0.25) is 0 Å². The number of nitrogens with two attached hydrogens (primary N) is 1. The Kier molecular flexibility index (Phi) is 6.09. The van der Waals surface area contributed by atoms with Gasteiger partial charge in [-0.1, -0.05) is 59.3 Å². The maximum atomic E-state index is 5.92. The van der Waals surface area contributed by atoms with Crippen molar-refractivity contribution < 1.29 is 0 Å². The molecule has 4 rings (SSSR count). The first kappa shape index (κ1) is 21.8. The van der Waals surface area contributed by atoms with Crippen molar-refractivity contribution in [3.8, 4) is 17.1 Å². The second kappa shape index (κ2) is 8.96. The lowest BCUT2D eigenvalue weighted by Gasteiger charge is -2.15. The molecule has 0 fully saturated rings. The summed E-state index contributed by atoms with van der Waals surface area (Å²) in [5.41, 5.74) is 10.3. The highest BCUT2D eigenvalue weighted by molar-refractivity contribution is 7.99. The van der Waals surface area contributed by atoms with Gasteiger partial charge in [0, 0.05) is 25.3 Å². The lowest BCUT2D eigenvalue weighted by molar-refractivity contribution is 0.843. The molecule has 0 bridgehead atoms. The van der Waals surface area contributed by atoms with Crippen molar-refractivity contribution in [2.75, 3.05) is 24.7 Å². The highest BCUT2D eigenvalue weighted by Crippen LogP contribution is 2.36. The molecule has 4 aromatic rings. The van der Waals surface area contributed by atoms with E-state index >= 15 is 0 Å². The maximum Gasteiger partial charge on any atom is 0.229 e. The molecule has 8 nitrogen and oxygen atoms in total. The minimum Gasteiger partial charge on any atom is -0.368 e. The van der Waals surface area contributed by atoms with Gasteiger partial charge in [-0.05, 0) is 32.9 Å². The van der Waals surface area contributed by atoms with Gasteiger partial charge >= 0.3 is 0 Å². The van der Waals surface area contributed by atoms with E-state index in [1.807, 2.05) is 25.9 Å². The summed E-state index contributed by atoms with van der Waals surface area (Å²) in [5, 5.41) is 9.69. The van der Waals surface area contributed by atoms with Crippen LogP contribution in [-0.2, 0) is 0 Å². The van der Waals surface area contributed by atoms with Crippen LogP contribution in [0.25, 0.3) is 17.1 Å². The minimum atomic E-state index is -0.113. The molecular formula is C23H26N8S. The van der Waals surface area contributed by atoms with E-state index in [9.17, 15) is 0 Å². The van der Waals surface area contributed by atoms with Crippen molar-refractivity contribution >= 4 is 23.7 Å². The molecule has 0 aliphatic rings. The van der Waals surface area contributed by atoms with Gasteiger partial charge in [-0.2, -0.15) is 15.0 Å². The average Bonchev–Trinajstić information content (AvgIpc) is 3.17. The molecule has 0 saturated carbocycles. The molecule has 0 aliphatic carbocycles. The maximum absolute atomic E-state index is 5.92. The van der Waals surface area contributed by atoms with E-state index in [4.69, 9.17) is 5.73 Å². The zero-order valence-corrected chi connectivity index (χ0v) is 19.6. The van der Waals surface area contributed by atoms with Gasteiger partial charge in [0.05, 0.1) is 5.25 Å². The highest BCUT2D eigenvalue weighted by atomic mass is 32.2. The first-order valence-corrected chi connectivity index (χ1v) is 11.1. The van der Waals surface area contributed by atoms with Crippen molar-refractivity contribution in [3.05, 3.63) is 65.5 Å². The van der Waals surface area contributed by atoms with E-state index in [0.29, 0.717) is 11.8 Å². The summed E-state index contributed by atoms with van der Waals surface area (Å²) in [7, 11) is 3.75. The van der Waals surface area contributed by atoms with E-state index in [0.717, 1.165) is 22.2 Å². The van der Waals surface area contributed by atoms with E-state index < -0.39 is 0 Å². The number of hydrogen-bond acceptors (Lipinski definition) is 8. The lowest BCUT2D eigenvalue weighted by Crippen LogP contribution is -2.16. The molecule has 2 aromatic carbocycles. The Labute approximate surface area is 192 Å². The van der Waals surface area contributed by atoms with Gasteiger partial charge < -0.3 is 10.6 Å². The van der Waals surface area contributed by atoms with E-state index in [1.165, 1.54) is 22.9 Å². The Hall–Kier alpha value is -3.46. The molecule has 2 aromatic heterocycles. The molecule has 1 unspecified atom stereocenters. The summed E-state index contributed by atoms with van der Waals surface area (Å²) in [6.45, 7) is 6.17. The molecule has 1 atom stereocenters. The normalized spacial score (nSPS) is 12.0. The topological polar surface area (TPSA) is 98.6 Å². The summed E-state index contributed by atoms with van der Waals surface area (Å²) in [4.78, 5) is 14.9. The summed E-state index contributed by atoms with van der Waals surface area (Å²) < 4.78 is 2.07. The molecule has 0 radical (unpaired) electrons. The van der Waals surface area contributed by atoms with Gasteiger partial charge in [-0.25, -0.2) is 0 Å². The SMILES string of the molecule is Cc1ccc(-c2nnc(SC(C)c3nc(N)nc(N(C)C)n3)n2-c2ccc(C)cc2)cc1. The van der Waals surface area contributed by atoms with Crippen LogP contribution in [0.3, 0.4) is 0 Å². The third-order valence-electron chi connectivity index (χ3n) is 4.94. The second-order valence-electron chi connectivity index (χ2n) is 7.85. The standard InChI is InChI=1S/C23H26N8S/c1-14-6-10-17(11-7-14)20-28-29-23(31(20)18-12-8-15(2)9-13-18)32-16(3)19-25-21(24)27-22(26-19)30(4)5/h6-13,16H,1-5H3,(H2,24,25,26,27). The molecule has 2 N–H and O–H groups in total. The van der Waals surface area contributed by atoms with Crippen LogP contribution in [0.15, 0.2) is 53.7 Å². The molecular weight excluding hydrogens is 420 g/mol. The number of rotatable bonds is 6. The number of anilines is 2. The summed E-state index contributed by atoms with van der Waals surface area (Å²) >= 11 is 1.53. The molecule has 0 amide bonds. The molecule has 32 heavy (non-hydrogen) atoms. The monoisotopic (exact) mass is 446 g/mol. The highest BCUT2D eigenvalue weighted by Gasteiger charge is 2.21. The summed E-state index contributed by atoms with van der Waals surface area (Å²) in [6.07, 6.45) is 0. The number of thioether (sulfide) groups is 1. The third-order valence-corrected chi connectivity index (χ3v) is 5.98. The molecule has 0 saturated heterocycles. The van der Waals surface area contributed by atoms with Crippen LogP contribution < -0.4 is 10.6 Å². The molecule has 164 valence electrons. The molecule has 0 spiro atoms. The number of aromatic nitrogens is 6. The Bertz CT molecular complexity index is 1220. The average molecular weight is 447 g/mol. The largest absolute Gasteiger partial charge is 0.368 e. The molecule has 2 heterocycles. The number of benzene rings is 2. The second-order valence-corrected chi connectivity index (χ2v) is 9.16. The Morgan fingerprint density at radius 3 is 2.12 bits per heavy atom. The van der Waals surface area contributed by atoms with Gasteiger partial charge in [-0.3, -0.25) is 4.57 Å². The van der Waals surface area contributed by atoms with Crippen LogP contribution in [0.5, 0.6) is 0 Å². The minimum absolute atomic E-state index is 0.113. The summed E-state index contributed by atoms with van der Waals surface area (Å²) in [5.74, 6) is 2.11. The van der Waals surface area contributed by atoms with Crippen LogP contribution in [0.1, 0.15) is 29.1 Å². The van der Waals surface area contributed by atoms with Crippen LogP contribution in [0, 0.1) is 13.8 Å². The van der Waals surface area contributed by atoms with Crippen molar-refractivity contribution in [2.24, 2.45) is 0 Å². The zero-order chi connectivity index (χ0) is 22.8. The van der Waals surface area contributed by atoms with Gasteiger partial charge in [0.2, 0.25) is 11.9 Å². The zero-order valence-electron chi connectivity index (χ0n) is 18.8. The van der Waals surface area contributed by atoms with Crippen LogP contribution in [-0.4, -0.2) is 43.8 Å². The number of nitrogens with zero attached hydrogens (tertiary/aromatic N) is 7. The fraction of sp³-hybridized carbons (Fsp3) is 0.261. The number of aryl methyl sites for hydroxylation is 2. The molecule has 9 heteroatoms. The first-order valence-electron chi connectivity index (χ1n) is 10.3. The van der Waals surface area contributed by atoms with Gasteiger partial charge in [0.1, 0.15) is 5.82 Å². The van der Waals surface area contributed by atoms with Crippen LogP contribution in [0.4, 0.5) is 11.9 Å². The van der Waals surface area contributed by atoms with Crippen molar-refractivity contribution in [1.82, 2.24) is 29.7 Å². The lowest BCUT2D eigenvalue weighted by atomic mass is 10.1. The number of hydrogen-bond donors (Lipinski definition) is 1. The quantitative estimate of drug-likeness (QED) is 0.439. The van der Waals surface area contributed by atoms with Gasteiger partial charge in [0.25, 0.3) is 0 Å².